The monoisotopic (exact) mass is 234 g/mol. The van der Waals surface area contributed by atoms with Gasteiger partial charge in [0.05, 0.1) is 12.2 Å². The predicted octanol–water partition coefficient (Wildman–Crippen LogP) is 2.39. The number of amides is 2. The summed E-state index contributed by atoms with van der Waals surface area (Å²) in [5.74, 6) is 0.766. The summed E-state index contributed by atoms with van der Waals surface area (Å²) in [6.45, 7) is 7.03. The van der Waals surface area contributed by atoms with Gasteiger partial charge in [-0.05, 0) is 32.9 Å². The smallest absolute Gasteiger partial charge is 0.322 e. The maximum atomic E-state index is 12.1. The summed E-state index contributed by atoms with van der Waals surface area (Å²) in [6.07, 6.45) is 0. The normalized spacial score (nSPS) is 14.9. The molecule has 1 heterocycles. The minimum absolute atomic E-state index is 0.0757. The molecule has 2 amide bonds. The Bertz CT molecular complexity index is 424. The van der Waals surface area contributed by atoms with Crippen LogP contribution in [0.5, 0.6) is 5.75 Å². The first-order valence-electron chi connectivity index (χ1n) is 5.79. The molecule has 0 fully saturated rings. The minimum Gasteiger partial charge on any atom is -0.490 e. The number of ether oxygens (including phenoxy) is 1. The average molecular weight is 234 g/mol. The molecule has 92 valence electrons. The Morgan fingerprint density at radius 1 is 1.35 bits per heavy atom. The summed E-state index contributed by atoms with van der Waals surface area (Å²) in [7, 11) is 0. The number of urea groups is 1. The van der Waals surface area contributed by atoms with Crippen LogP contribution in [0.3, 0.4) is 0 Å². The molecule has 0 aliphatic carbocycles. The number of fused-ring (bicyclic) bond motifs is 1. The Labute approximate surface area is 102 Å². The minimum atomic E-state index is -0.232. The lowest BCUT2D eigenvalue weighted by molar-refractivity contribution is 0.231. The van der Waals surface area contributed by atoms with Crippen LogP contribution in [0.2, 0.25) is 0 Å². The van der Waals surface area contributed by atoms with Crippen LogP contribution >= 0.6 is 0 Å². The zero-order chi connectivity index (χ0) is 12.5. The molecule has 0 unspecified atom stereocenters. The zero-order valence-corrected chi connectivity index (χ0v) is 10.5. The molecule has 4 nitrogen and oxygen atoms in total. The number of carbonyl (C=O) groups is 1. The van der Waals surface area contributed by atoms with Crippen LogP contribution in [-0.2, 0) is 0 Å². The van der Waals surface area contributed by atoms with Crippen LogP contribution in [0.25, 0.3) is 0 Å². The summed E-state index contributed by atoms with van der Waals surface area (Å²) in [4.78, 5) is 13.9. The van der Waals surface area contributed by atoms with E-state index in [1.165, 1.54) is 0 Å². The molecule has 1 aromatic carbocycles. The number of nitrogens with zero attached hydrogens (tertiary/aromatic N) is 1. The van der Waals surface area contributed by atoms with Crippen LogP contribution in [0, 0.1) is 0 Å². The van der Waals surface area contributed by atoms with E-state index in [2.05, 4.69) is 5.32 Å². The molecular formula is C13H18N2O2. The van der Waals surface area contributed by atoms with E-state index in [4.69, 9.17) is 4.74 Å². The van der Waals surface area contributed by atoms with Crippen molar-refractivity contribution in [1.82, 2.24) is 5.32 Å². The highest BCUT2D eigenvalue weighted by Crippen LogP contribution is 2.30. The molecule has 1 aliphatic heterocycles. The van der Waals surface area contributed by atoms with Gasteiger partial charge in [0.15, 0.2) is 0 Å². The Morgan fingerprint density at radius 3 is 2.76 bits per heavy atom. The van der Waals surface area contributed by atoms with E-state index < -0.39 is 0 Å². The standard InChI is InChI=1S/C13H18N2O2/c1-13(2,3)14-12(16)15-8-9-17-11-7-5-4-6-10(11)15/h4-7H,8-9H2,1-3H3,(H,14,16). The second kappa shape index (κ2) is 4.28. The highest BCUT2D eigenvalue weighted by molar-refractivity contribution is 5.94. The maximum absolute atomic E-state index is 12.1. The number of para-hydroxylation sites is 2. The van der Waals surface area contributed by atoms with Crippen LogP contribution in [-0.4, -0.2) is 24.7 Å². The van der Waals surface area contributed by atoms with Crippen molar-refractivity contribution in [1.29, 1.82) is 0 Å². The fourth-order valence-corrected chi connectivity index (χ4v) is 1.77. The molecule has 0 atom stereocenters. The lowest BCUT2D eigenvalue weighted by atomic mass is 10.1. The second-order valence-electron chi connectivity index (χ2n) is 5.15. The highest BCUT2D eigenvalue weighted by Gasteiger charge is 2.25. The lowest BCUT2D eigenvalue weighted by Gasteiger charge is -2.32. The largest absolute Gasteiger partial charge is 0.490 e. The molecule has 0 bridgehead atoms. The topological polar surface area (TPSA) is 41.6 Å². The van der Waals surface area contributed by atoms with Gasteiger partial charge in [0, 0.05) is 5.54 Å². The Balaban J connectivity index is 2.21. The highest BCUT2D eigenvalue weighted by atomic mass is 16.5. The molecule has 0 saturated heterocycles. The van der Waals surface area contributed by atoms with E-state index in [1.807, 2.05) is 45.0 Å². The number of hydrogen-bond acceptors (Lipinski definition) is 2. The molecule has 17 heavy (non-hydrogen) atoms. The Hall–Kier alpha value is -1.71. The van der Waals surface area contributed by atoms with E-state index in [0.29, 0.717) is 13.2 Å². The van der Waals surface area contributed by atoms with Crippen LogP contribution in [0.15, 0.2) is 24.3 Å². The van der Waals surface area contributed by atoms with Crippen molar-refractivity contribution in [2.45, 2.75) is 26.3 Å². The van der Waals surface area contributed by atoms with Gasteiger partial charge in [0.25, 0.3) is 0 Å². The van der Waals surface area contributed by atoms with Gasteiger partial charge in [-0.3, -0.25) is 4.90 Å². The molecule has 1 aromatic rings. The first-order valence-corrected chi connectivity index (χ1v) is 5.79. The maximum Gasteiger partial charge on any atom is 0.322 e. The lowest BCUT2D eigenvalue weighted by Crippen LogP contribution is -2.50. The molecule has 2 rings (SSSR count). The third-order valence-electron chi connectivity index (χ3n) is 2.46. The molecule has 0 radical (unpaired) electrons. The van der Waals surface area contributed by atoms with E-state index >= 15 is 0 Å². The van der Waals surface area contributed by atoms with E-state index in [9.17, 15) is 4.79 Å². The molecule has 4 heteroatoms. The van der Waals surface area contributed by atoms with Gasteiger partial charge in [0.1, 0.15) is 12.4 Å². The predicted molar refractivity (Wildman–Crippen MR) is 67.6 cm³/mol. The van der Waals surface area contributed by atoms with E-state index in [-0.39, 0.29) is 11.6 Å². The van der Waals surface area contributed by atoms with Crippen molar-refractivity contribution in [3.63, 3.8) is 0 Å². The third-order valence-corrected chi connectivity index (χ3v) is 2.46. The molecule has 0 spiro atoms. The third kappa shape index (κ3) is 2.70. The van der Waals surface area contributed by atoms with Crippen LogP contribution in [0.4, 0.5) is 10.5 Å². The second-order valence-corrected chi connectivity index (χ2v) is 5.15. The first-order chi connectivity index (χ1) is 7.97. The van der Waals surface area contributed by atoms with Gasteiger partial charge in [-0.15, -0.1) is 0 Å². The first kappa shape index (κ1) is 11.8. The summed E-state index contributed by atoms with van der Waals surface area (Å²) < 4.78 is 5.51. The molecule has 1 N–H and O–H groups in total. The van der Waals surface area contributed by atoms with Crippen molar-refractivity contribution in [3.05, 3.63) is 24.3 Å². The molecule has 0 saturated carbocycles. The molecule has 1 aliphatic rings. The Morgan fingerprint density at radius 2 is 2.06 bits per heavy atom. The van der Waals surface area contributed by atoms with Gasteiger partial charge < -0.3 is 10.1 Å². The number of benzene rings is 1. The Kier molecular flexibility index (Phi) is 2.96. The quantitative estimate of drug-likeness (QED) is 0.749. The van der Waals surface area contributed by atoms with Crippen molar-refractivity contribution >= 4 is 11.7 Å². The van der Waals surface area contributed by atoms with E-state index in [0.717, 1.165) is 11.4 Å². The summed E-state index contributed by atoms with van der Waals surface area (Å²) in [6, 6.07) is 7.52. The van der Waals surface area contributed by atoms with Crippen molar-refractivity contribution < 1.29 is 9.53 Å². The van der Waals surface area contributed by atoms with Gasteiger partial charge in [-0.25, -0.2) is 4.79 Å². The fourth-order valence-electron chi connectivity index (χ4n) is 1.77. The van der Waals surface area contributed by atoms with Gasteiger partial charge in [0.2, 0.25) is 0 Å². The molecule has 0 aromatic heterocycles. The molecular weight excluding hydrogens is 216 g/mol. The van der Waals surface area contributed by atoms with Crippen LogP contribution < -0.4 is 15.0 Å². The summed E-state index contributed by atoms with van der Waals surface area (Å²) in [5.41, 5.74) is 0.602. The van der Waals surface area contributed by atoms with Gasteiger partial charge >= 0.3 is 6.03 Å². The van der Waals surface area contributed by atoms with Crippen molar-refractivity contribution in [3.8, 4) is 5.75 Å². The average Bonchev–Trinajstić information content (AvgIpc) is 2.26. The van der Waals surface area contributed by atoms with Crippen molar-refractivity contribution in [2.24, 2.45) is 0 Å². The number of rotatable bonds is 0. The van der Waals surface area contributed by atoms with Gasteiger partial charge in [-0.2, -0.15) is 0 Å². The van der Waals surface area contributed by atoms with E-state index in [1.54, 1.807) is 4.90 Å². The van der Waals surface area contributed by atoms with Crippen molar-refractivity contribution in [2.75, 3.05) is 18.1 Å². The number of hydrogen-bond donors (Lipinski definition) is 1. The fraction of sp³-hybridized carbons (Fsp3) is 0.462. The number of anilines is 1. The number of nitrogens with one attached hydrogen (secondary N) is 1. The van der Waals surface area contributed by atoms with Crippen LogP contribution in [0.1, 0.15) is 20.8 Å². The number of carbonyl (C=O) groups excluding carboxylic acids is 1. The zero-order valence-electron chi connectivity index (χ0n) is 10.5. The van der Waals surface area contributed by atoms with Gasteiger partial charge in [-0.1, -0.05) is 12.1 Å². The summed E-state index contributed by atoms with van der Waals surface area (Å²) >= 11 is 0. The SMILES string of the molecule is CC(C)(C)NC(=O)N1CCOc2ccccc21. The summed E-state index contributed by atoms with van der Waals surface area (Å²) in [5, 5.41) is 2.96.